The molecule has 0 unspecified atom stereocenters. The minimum absolute atomic E-state index is 0.00196. The monoisotopic (exact) mass is 354 g/mol. The topological polar surface area (TPSA) is 62.1 Å². The molecule has 3 heterocycles. The molecule has 0 aromatic carbocycles. The molecule has 0 aliphatic rings. The molecule has 0 aliphatic carbocycles. The van der Waals surface area contributed by atoms with Gasteiger partial charge in [-0.15, -0.1) is 0 Å². The molecule has 0 saturated heterocycles. The number of hydrogen-bond donors (Lipinski definition) is 0. The Morgan fingerprint density at radius 1 is 1.12 bits per heavy atom. The summed E-state index contributed by atoms with van der Waals surface area (Å²) in [5.41, 5.74) is 1.80. The predicted octanol–water partition coefficient (Wildman–Crippen LogP) is 3.64. The normalized spacial score (nSPS) is 11.3. The van der Waals surface area contributed by atoms with E-state index in [2.05, 4.69) is 15.0 Å². The third-order valence-corrected chi connectivity index (χ3v) is 3.80. The second-order valence-electron chi connectivity index (χ2n) is 4.93. The fourth-order valence-electron chi connectivity index (χ4n) is 2.49. The van der Waals surface area contributed by atoms with E-state index in [1.807, 2.05) is 10.6 Å². The second-order valence-corrected chi connectivity index (χ2v) is 5.32. The highest BCUT2D eigenvalue weighted by atomic mass is 35.5. The van der Waals surface area contributed by atoms with Crippen LogP contribution in [0, 0.1) is 0 Å². The fraction of sp³-hybridized carbons (Fsp3) is 0.267. The second kappa shape index (κ2) is 6.20. The lowest BCUT2D eigenvalue weighted by molar-refractivity contribution is 0.138. The van der Waals surface area contributed by atoms with Crippen LogP contribution >= 0.6 is 11.6 Å². The minimum Gasteiger partial charge on any atom is -0.480 e. The first-order valence-electron chi connectivity index (χ1n) is 6.85. The van der Waals surface area contributed by atoms with Gasteiger partial charge in [0.1, 0.15) is 10.7 Å². The van der Waals surface area contributed by atoms with E-state index < -0.39 is 12.2 Å². The number of fused-ring (bicyclic) bond motifs is 1. The number of hydrogen-bond acceptors (Lipinski definition) is 5. The van der Waals surface area contributed by atoms with E-state index >= 15 is 0 Å². The summed E-state index contributed by atoms with van der Waals surface area (Å²) in [7, 11) is 4.50. The van der Waals surface area contributed by atoms with Gasteiger partial charge in [0.2, 0.25) is 17.6 Å². The molecular formula is C15H13ClF2N4O2. The van der Waals surface area contributed by atoms with Crippen molar-refractivity contribution in [3.63, 3.8) is 0 Å². The molecule has 0 radical (unpaired) electrons. The van der Waals surface area contributed by atoms with Crippen molar-refractivity contribution in [1.29, 1.82) is 0 Å². The zero-order valence-electron chi connectivity index (χ0n) is 13.0. The molecule has 0 spiro atoms. The zero-order valence-corrected chi connectivity index (χ0v) is 13.8. The van der Waals surface area contributed by atoms with Crippen molar-refractivity contribution >= 4 is 22.5 Å². The lowest BCUT2D eigenvalue weighted by Gasteiger charge is -2.13. The first-order valence-corrected chi connectivity index (χ1v) is 7.23. The van der Waals surface area contributed by atoms with Crippen LogP contribution in [0.5, 0.6) is 11.8 Å². The molecule has 0 atom stereocenters. The van der Waals surface area contributed by atoms with Crippen LogP contribution in [0.25, 0.3) is 22.2 Å². The number of rotatable bonds is 4. The van der Waals surface area contributed by atoms with E-state index in [4.69, 9.17) is 21.1 Å². The highest BCUT2D eigenvalue weighted by Gasteiger charge is 2.24. The summed E-state index contributed by atoms with van der Waals surface area (Å²) in [6, 6.07) is 3.52. The lowest BCUT2D eigenvalue weighted by atomic mass is 10.2. The maximum absolute atomic E-state index is 13.0. The van der Waals surface area contributed by atoms with Crippen LogP contribution in [0.15, 0.2) is 18.3 Å². The van der Waals surface area contributed by atoms with Gasteiger partial charge >= 0.3 is 0 Å². The van der Waals surface area contributed by atoms with Crippen LogP contribution in [0.1, 0.15) is 12.2 Å². The van der Waals surface area contributed by atoms with Gasteiger partial charge in [-0.3, -0.25) is 0 Å². The summed E-state index contributed by atoms with van der Waals surface area (Å²) >= 11 is 5.92. The number of aromatic nitrogens is 4. The quantitative estimate of drug-likeness (QED) is 0.669. The Bertz CT molecular complexity index is 889. The number of alkyl halides is 2. The minimum atomic E-state index is -2.84. The third-order valence-electron chi connectivity index (χ3n) is 3.59. The standard InChI is InChI=1S/C15H13ClF2N4O2/c1-22-8(4-7-5-10(16)19-6-9(7)22)11-14(23-2)20-13(12(17)18)21-15(11)24-3/h4-6,12H,1-3H3. The van der Waals surface area contributed by atoms with Gasteiger partial charge in [-0.25, -0.2) is 13.8 Å². The average Bonchev–Trinajstić information content (AvgIpc) is 2.88. The smallest absolute Gasteiger partial charge is 0.297 e. The van der Waals surface area contributed by atoms with E-state index in [1.165, 1.54) is 14.2 Å². The first kappa shape index (κ1) is 16.4. The summed E-state index contributed by atoms with van der Waals surface area (Å²) in [5, 5.41) is 1.18. The number of pyridine rings is 1. The lowest BCUT2D eigenvalue weighted by Crippen LogP contribution is -2.05. The summed E-state index contributed by atoms with van der Waals surface area (Å²) < 4.78 is 38.1. The van der Waals surface area contributed by atoms with E-state index in [-0.39, 0.29) is 11.8 Å². The molecule has 0 fully saturated rings. The van der Waals surface area contributed by atoms with Crippen molar-refractivity contribution in [3.05, 3.63) is 29.3 Å². The zero-order chi connectivity index (χ0) is 17.4. The molecule has 3 rings (SSSR count). The summed E-state index contributed by atoms with van der Waals surface area (Å²) in [6.07, 6.45) is -1.22. The Hall–Kier alpha value is -2.48. The van der Waals surface area contributed by atoms with Crippen molar-refractivity contribution < 1.29 is 18.3 Å². The van der Waals surface area contributed by atoms with Crippen LogP contribution in [-0.2, 0) is 7.05 Å². The van der Waals surface area contributed by atoms with Gasteiger partial charge < -0.3 is 14.0 Å². The molecule has 6 nitrogen and oxygen atoms in total. The van der Waals surface area contributed by atoms with Gasteiger partial charge in [-0.05, 0) is 12.1 Å². The number of halogens is 3. The molecule has 9 heteroatoms. The van der Waals surface area contributed by atoms with Crippen LogP contribution in [0.4, 0.5) is 8.78 Å². The Balaban J connectivity index is 2.31. The van der Waals surface area contributed by atoms with Gasteiger partial charge in [0.15, 0.2) is 0 Å². The molecule has 24 heavy (non-hydrogen) atoms. The van der Waals surface area contributed by atoms with Crippen LogP contribution in [0.3, 0.4) is 0 Å². The Labute approximate surface area is 141 Å². The van der Waals surface area contributed by atoms with Gasteiger partial charge in [0, 0.05) is 12.4 Å². The highest BCUT2D eigenvalue weighted by Crippen LogP contribution is 2.39. The maximum Gasteiger partial charge on any atom is 0.297 e. The average molecular weight is 355 g/mol. The summed E-state index contributed by atoms with van der Waals surface area (Å²) in [6.45, 7) is 0. The SMILES string of the molecule is COc1nc(C(F)F)nc(OC)c1-c1cc2cc(Cl)ncc2n1C. The van der Waals surface area contributed by atoms with Gasteiger partial charge in [0.25, 0.3) is 6.43 Å². The molecule has 0 aliphatic heterocycles. The van der Waals surface area contributed by atoms with Crippen molar-refractivity contribution in [1.82, 2.24) is 19.5 Å². The van der Waals surface area contributed by atoms with E-state index in [0.717, 1.165) is 10.9 Å². The Kier molecular flexibility index (Phi) is 4.23. The maximum atomic E-state index is 13.0. The molecule has 126 valence electrons. The summed E-state index contributed by atoms with van der Waals surface area (Å²) in [5.74, 6) is -0.653. The Morgan fingerprint density at radius 2 is 1.75 bits per heavy atom. The van der Waals surface area contributed by atoms with Gasteiger partial charge in [-0.1, -0.05) is 11.6 Å². The first-order chi connectivity index (χ1) is 11.5. The fourth-order valence-corrected chi connectivity index (χ4v) is 2.66. The van der Waals surface area contributed by atoms with Crippen molar-refractivity contribution in [2.75, 3.05) is 14.2 Å². The molecule has 0 N–H and O–H groups in total. The number of nitrogens with zero attached hydrogens (tertiary/aromatic N) is 4. The Morgan fingerprint density at radius 3 is 2.29 bits per heavy atom. The van der Waals surface area contributed by atoms with Crippen LogP contribution < -0.4 is 9.47 Å². The van der Waals surface area contributed by atoms with E-state index in [1.54, 1.807) is 19.3 Å². The van der Waals surface area contributed by atoms with Crippen molar-refractivity contribution in [3.8, 4) is 23.0 Å². The predicted molar refractivity (Wildman–Crippen MR) is 84.8 cm³/mol. The van der Waals surface area contributed by atoms with Gasteiger partial charge in [-0.2, -0.15) is 9.97 Å². The molecule has 0 bridgehead atoms. The number of methoxy groups -OCH3 is 2. The number of ether oxygens (including phenoxy) is 2. The molecule has 3 aromatic rings. The highest BCUT2D eigenvalue weighted by molar-refractivity contribution is 6.30. The molecule has 3 aromatic heterocycles. The van der Waals surface area contributed by atoms with E-state index in [9.17, 15) is 8.78 Å². The molecule has 0 amide bonds. The van der Waals surface area contributed by atoms with E-state index in [0.29, 0.717) is 16.4 Å². The molecular weight excluding hydrogens is 342 g/mol. The molecule has 0 saturated carbocycles. The van der Waals surface area contributed by atoms with Crippen LogP contribution in [0.2, 0.25) is 5.15 Å². The van der Waals surface area contributed by atoms with Crippen molar-refractivity contribution in [2.24, 2.45) is 7.05 Å². The van der Waals surface area contributed by atoms with Crippen LogP contribution in [-0.4, -0.2) is 33.7 Å². The summed E-state index contributed by atoms with van der Waals surface area (Å²) in [4.78, 5) is 11.6. The van der Waals surface area contributed by atoms with Crippen molar-refractivity contribution in [2.45, 2.75) is 6.43 Å². The number of aryl methyl sites for hydroxylation is 1. The third kappa shape index (κ3) is 2.62. The largest absolute Gasteiger partial charge is 0.480 e. The van der Waals surface area contributed by atoms with Gasteiger partial charge in [0.05, 0.1) is 31.6 Å².